The van der Waals surface area contributed by atoms with Crippen LogP contribution in [0.1, 0.15) is 12.5 Å². The lowest BCUT2D eigenvalue weighted by molar-refractivity contribution is -0.114. The van der Waals surface area contributed by atoms with E-state index in [1.807, 2.05) is 23.1 Å². The van der Waals surface area contributed by atoms with Crippen LogP contribution in [0.2, 0.25) is 0 Å². The molecule has 0 aromatic heterocycles. The van der Waals surface area contributed by atoms with E-state index in [0.29, 0.717) is 24.5 Å². The number of benzene rings is 2. The maximum atomic E-state index is 12.5. The molecule has 2 aromatic carbocycles. The van der Waals surface area contributed by atoms with Gasteiger partial charge in [-0.15, -0.1) is 0 Å². The Bertz CT molecular complexity index is 771. The molecule has 142 valence electrons. The number of rotatable bonds is 5. The van der Waals surface area contributed by atoms with Gasteiger partial charge in [0.05, 0.1) is 0 Å². The third-order valence-electron chi connectivity index (χ3n) is 4.65. The molecule has 6 nitrogen and oxygen atoms in total. The Morgan fingerprint density at radius 2 is 1.56 bits per heavy atom. The second kappa shape index (κ2) is 9.19. The van der Waals surface area contributed by atoms with E-state index in [2.05, 4.69) is 39.8 Å². The van der Waals surface area contributed by atoms with Crippen molar-refractivity contribution in [3.63, 3.8) is 0 Å². The Morgan fingerprint density at radius 1 is 0.889 bits per heavy atom. The van der Waals surface area contributed by atoms with Crippen molar-refractivity contribution in [1.29, 1.82) is 0 Å². The molecule has 0 atom stereocenters. The molecule has 1 saturated heterocycles. The van der Waals surface area contributed by atoms with Crippen molar-refractivity contribution < 1.29 is 9.59 Å². The zero-order valence-electron chi connectivity index (χ0n) is 15.6. The molecule has 3 rings (SSSR count). The van der Waals surface area contributed by atoms with E-state index in [9.17, 15) is 9.59 Å². The van der Waals surface area contributed by atoms with Gasteiger partial charge in [0.15, 0.2) is 0 Å². The Morgan fingerprint density at radius 3 is 2.22 bits per heavy atom. The zero-order chi connectivity index (χ0) is 19.1. The average Bonchev–Trinajstić information content (AvgIpc) is 2.67. The first-order valence-electron chi connectivity index (χ1n) is 9.30. The minimum absolute atomic E-state index is 0.0994. The number of nitrogens with one attached hydrogen (secondary N) is 2. The summed E-state index contributed by atoms with van der Waals surface area (Å²) in [6, 6.07) is 17.6. The molecule has 2 aromatic rings. The molecule has 1 aliphatic rings. The van der Waals surface area contributed by atoms with Crippen LogP contribution in [0.3, 0.4) is 0 Å². The summed E-state index contributed by atoms with van der Waals surface area (Å²) in [6.45, 7) is 5.66. The quantitative estimate of drug-likeness (QED) is 0.855. The maximum Gasteiger partial charge on any atom is 0.321 e. The van der Waals surface area contributed by atoms with Crippen LogP contribution < -0.4 is 10.6 Å². The number of amides is 3. The van der Waals surface area contributed by atoms with E-state index in [0.717, 1.165) is 26.1 Å². The van der Waals surface area contributed by atoms with Crippen molar-refractivity contribution in [1.82, 2.24) is 9.80 Å². The summed E-state index contributed by atoms with van der Waals surface area (Å²) in [5.41, 5.74) is 2.69. The Balaban J connectivity index is 1.45. The van der Waals surface area contributed by atoms with Gasteiger partial charge in [0.2, 0.25) is 5.91 Å². The van der Waals surface area contributed by atoms with E-state index >= 15 is 0 Å². The zero-order valence-corrected chi connectivity index (χ0v) is 15.6. The molecule has 6 heteroatoms. The molecule has 1 aliphatic heterocycles. The molecule has 1 fully saturated rings. The number of anilines is 2. The van der Waals surface area contributed by atoms with Crippen LogP contribution in [0, 0.1) is 0 Å². The van der Waals surface area contributed by atoms with Crippen LogP contribution in [0.5, 0.6) is 0 Å². The Kier molecular flexibility index (Phi) is 6.44. The second-order valence-electron chi connectivity index (χ2n) is 6.76. The molecule has 3 amide bonds. The van der Waals surface area contributed by atoms with Gasteiger partial charge >= 0.3 is 6.03 Å². The topological polar surface area (TPSA) is 64.7 Å². The SMILES string of the molecule is CC(=O)Nc1cccc(NC(=O)N2CCN(CCc3ccccc3)CC2)c1. The number of piperazine rings is 1. The van der Waals surface area contributed by atoms with E-state index in [-0.39, 0.29) is 11.9 Å². The smallest absolute Gasteiger partial charge is 0.321 e. The minimum Gasteiger partial charge on any atom is -0.326 e. The average molecular weight is 366 g/mol. The fourth-order valence-corrected chi connectivity index (χ4v) is 3.19. The maximum absolute atomic E-state index is 12.5. The lowest BCUT2D eigenvalue weighted by Gasteiger charge is -2.34. The van der Waals surface area contributed by atoms with Gasteiger partial charge in [0, 0.05) is 51.0 Å². The van der Waals surface area contributed by atoms with Crippen LogP contribution >= 0.6 is 0 Å². The fraction of sp³-hybridized carbons (Fsp3) is 0.333. The summed E-state index contributed by atoms with van der Waals surface area (Å²) >= 11 is 0. The Labute approximate surface area is 160 Å². The minimum atomic E-state index is -0.134. The van der Waals surface area contributed by atoms with Crippen LogP contribution in [0.15, 0.2) is 54.6 Å². The number of carbonyl (C=O) groups excluding carboxylic acids is 2. The second-order valence-corrected chi connectivity index (χ2v) is 6.76. The normalized spacial score (nSPS) is 14.6. The monoisotopic (exact) mass is 366 g/mol. The summed E-state index contributed by atoms with van der Waals surface area (Å²) in [6.07, 6.45) is 1.03. The summed E-state index contributed by atoms with van der Waals surface area (Å²) in [4.78, 5) is 27.9. The molecule has 27 heavy (non-hydrogen) atoms. The van der Waals surface area contributed by atoms with E-state index in [1.54, 1.807) is 12.1 Å². The van der Waals surface area contributed by atoms with Gasteiger partial charge in [-0.2, -0.15) is 0 Å². The summed E-state index contributed by atoms with van der Waals surface area (Å²) < 4.78 is 0. The third kappa shape index (κ3) is 5.82. The van der Waals surface area contributed by atoms with Crippen molar-refractivity contribution in [2.75, 3.05) is 43.4 Å². The Hall–Kier alpha value is -2.86. The highest BCUT2D eigenvalue weighted by Gasteiger charge is 2.21. The number of urea groups is 1. The molecule has 2 N–H and O–H groups in total. The highest BCUT2D eigenvalue weighted by atomic mass is 16.2. The predicted octanol–water partition coefficient (Wildman–Crippen LogP) is 3.04. The largest absolute Gasteiger partial charge is 0.326 e. The fourth-order valence-electron chi connectivity index (χ4n) is 3.19. The molecular formula is C21H26N4O2. The predicted molar refractivity (Wildman–Crippen MR) is 108 cm³/mol. The van der Waals surface area contributed by atoms with E-state index < -0.39 is 0 Å². The molecule has 0 bridgehead atoms. The van der Waals surface area contributed by atoms with E-state index in [4.69, 9.17) is 0 Å². The van der Waals surface area contributed by atoms with Gasteiger partial charge in [-0.25, -0.2) is 4.79 Å². The number of hydrogen-bond acceptors (Lipinski definition) is 3. The van der Waals surface area contributed by atoms with Crippen molar-refractivity contribution in [2.45, 2.75) is 13.3 Å². The van der Waals surface area contributed by atoms with Crippen LogP contribution in [0.25, 0.3) is 0 Å². The summed E-state index contributed by atoms with van der Waals surface area (Å²) in [5.74, 6) is -0.134. The van der Waals surface area contributed by atoms with Crippen molar-refractivity contribution >= 4 is 23.3 Å². The van der Waals surface area contributed by atoms with Crippen molar-refractivity contribution in [3.05, 3.63) is 60.2 Å². The van der Waals surface area contributed by atoms with Gasteiger partial charge in [0.25, 0.3) is 0 Å². The third-order valence-corrected chi connectivity index (χ3v) is 4.65. The molecule has 1 heterocycles. The molecule has 0 spiro atoms. The number of nitrogens with zero attached hydrogens (tertiary/aromatic N) is 2. The van der Waals surface area contributed by atoms with Crippen LogP contribution in [-0.2, 0) is 11.2 Å². The lowest BCUT2D eigenvalue weighted by Crippen LogP contribution is -2.50. The van der Waals surface area contributed by atoms with Crippen LogP contribution in [-0.4, -0.2) is 54.5 Å². The first-order valence-corrected chi connectivity index (χ1v) is 9.30. The van der Waals surface area contributed by atoms with E-state index in [1.165, 1.54) is 12.5 Å². The van der Waals surface area contributed by atoms with Gasteiger partial charge in [-0.05, 0) is 30.2 Å². The molecule has 0 saturated carbocycles. The summed E-state index contributed by atoms with van der Waals surface area (Å²) in [5, 5.41) is 5.64. The van der Waals surface area contributed by atoms with Gasteiger partial charge < -0.3 is 15.5 Å². The molecular weight excluding hydrogens is 340 g/mol. The van der Waals surface area contributed by atoms with Gasteiger partial charge in [-0.1, -0.05) is 36.4 Å². The standard InChI is InChI=1S/C21H26N4O2/c1-17(26)22-19-8-5-9-20(16-19)23-21(27)25-14-12-24(13-15-25)11-10-18-6-3-2-4-7-18/h2-9,16H,10-15H2,1H3,(H,22,26)(H,23,27). The highest BCUT2D eigenvalue weighted by Crippen LogP contribution is 2.16. The highest BCUT2D eigenvalue weighted by molar-refractivity contribution is 5.92. The van der Waals surface area contributed by atoms with Crippen molar-refractivity contribution in [2.24, 2.45) is 0 Å². The summed E-state index contributed by atoms with van der Waals surface area (Å²) in [7, 11) is 0. The molecule has 0 aliphatic carbocycles. The lowest BCUT2D eigenvalue weighted by atomic mass is 10.1. The first-order chi connectivity index (χ1) is 13.1. The molecule has 0 radical (unpaired) electrons. The van der Waals surface area contributed by atoms with Gasteiger partial charge in [0.1, 0.15) is 0 Å². The number of hydrogen-bond donors (Lipinski definition) is 2. The number of carbonyl (C=O) groups is 2. The van der Waals surface area contributed by atoms with Crippen molar-refractivity contribution in [3.8, 4) is 0 Å². The molecule has 0 unspecified atom stereocenters. The first kappa shape index (κ1) is 18.9. The van der Waals surface area contributed by atoms with Crippen LogP contribution in [0.4, 0.5) is 16.2 Å². The van der Waals surface area contributed by atoms with Gasteiger partial charge in [-0.3, -0.25) is 9.69 Å².